The quantitative estimate of drug-likeness (QED) is 0.108. The van der Waals surface area contributed by atoms with E-state index in [2.05, 4.69) is 463 Å². The van der Waals surface area contributed by atoms with Crippen molar-refractivity contribution in [2.45, 2.75) is 42.1 Å². The molecule has 0 spiro atoms. The van der Waals surface area contributed by atoms with Gasteiger partial charge in [-0.2, -0.15) is 0 Å². The van der Waals surface area contributed by atoms with Gasteiger partial charge in [0.05, 0.1) is 79.0 Å². The summed E-state index contributed by atoms with van der Waals surface area (Å²) in [4.78, 5) is 48.5. The number of rotatable bonds is 12. The minimum Gasteiger partial charge on any atom is -0.453 e. The SMILES string of the molecule is CC1(C)c2ccccc2N(c2ccc(-c3ccc4c(-c5ccccc5)ncnc4c3)cc2)c2ccccc21.C[Si]1(C)c2ccccc2N(c2ccc(-c3ccc4c(-c5ccccc5)ncnc4c3)cc2)c2ccccc21.c1ccc(-c2ncnc3cc(-c4ccc(N5c6ccccc6Oc6ccccc65)cc4)ccc23)cc1.c1ccc(-c2ncnc3cc(-c4ccc(N5c6ccccc6Sc6ccccc65)cc4)ccc23)cc1. The highest BCUT2D eigenvalue weighted by Crippen LogP contribution is 2.56. The molecule has 0 fully saturated rings. The Balaban J connectivity index is 0.000000103. The number of hydrogen-bond donors (Lipinski definition) is 0. The summed E-state index contributed by atoms with van der Waals surface area (Å²) < 4.78 is 6.15. The first kappa shape index (κ1) is 90.6. The van der Waals surface area contributed by atoms with Crippen molar-refractivity contribution >= 4 is 142 Å². The van der Waals surface area contributed by atoms with Crippen LogP contribution >= 0.6 is 11.8 Å². The fourth-order valence-corrected chi connectivity index (χ4v) is 25.4. The molecule has 8 heterocycles. The van der Waals surface area contributed by atoms with Crippen LogP contribution in [0.15, 0.2) is 520 Å². The van der Waals surface area contributed by atoms with Crippen LogP contribution in [0.3, 0.4) is 0 Å². The minimum atomic E-state index is -1.78. The van der Waals surface area contributed by atoms with Gasteiger partial charge in [-0.05, 0) is 236 Å². The molecule has 4 aliphatic rings. The highest BCUT2D eigenvalue weighted by molar-refractivity contribution is 7.99. The Bertz CT molecular complexity index is 8410. The van der Waals surface area contributed by atoms with Crippen molar-refractivity contribution in [3.8, 4) is 101 Å². The molecule has 0 aliphatic carbocycles. The first-order valence-corrected chi connectivity index (χ1v) is 53.7. The van der Waals surface area contributed by atoms with Gasteiger partial charge in [-0.1, -0.05) is 354 Å². The lowest BCUT2D eigenvalue weighted by Crippen LogP contribution is -2.58. The average Bonchev–Trinajstić information content (AvgIpc) is 0.730. The number of ether oxygens (including phenoxy) is 1. The number of nitrogens with zero attached hydrogens (tertiary/aromatic N) is 12. The lowest BCUT2D eigenvalue weighted by Gasteiger charge is -2.42. The van der Waals surface area contributed by atoms with E-state index in [1.165, 1.54) is 76.7 Å². The van der Waals surface area contributed by atoms with Crippen LogP contribution in [0.4, 0.5) is 68.2 Å². The van der Waals surface area contributed by atoms with Crippen LogP contribution in [0.25, 0.3) is 133 Å². The zero-order chi connectivity index (χ0) is 99.2. The third kappa shape index (κ3) is 17.0. The summed E-state index contributed by atoms with van der Waals surface area (Å²) in [5.74, 6) is 1.70. The van der Waals surface area contributed by atoms with Gasteiger partial charge in [-0.15, -0.1) is 0 Å². The monoisotopic (exact) mass is 1940 g/mol. The number of benzene rings is 20. The van der Waals surface area contributed by atoms with E-state index in [1.54, 1.807) is 25.3 Å². The van der Waals surface area contributed by atoms with Crippen molar-refractivity contribution in [3.05, 3.63) is 522 Å². The van der Waals surface area contributed by atoms with Gasteiger partial charge in [-0.3, -0.25) is 0 Å². The maximum atomic E-state index is 6.15. The van der Waals surface area contributed by atoms with E-state index in [4.69, 9.17) is 4.74 Å². The van der Waals surface area contributed by atoms with Crippen LogP contribution in [0, 0.1) is 0 Å². The molecule has 4 aromatic heterocycles. The van der Waals surface area contributed by atoms with E-state index in [0.29, 0.717) is 0 Å². The Labute approximate surface area is 864 Å². The second kappa shape index (κ2) is 38.9. The second-order valence-electron chi connectivity index (χ2n) is 38.2. The van der Waals surface area contributed by atoms with Crippen LogP contribution in [0.1, 0.15) is 25.0 Å². The largest absolute Gasteiger partial charge is 0.453 e. The summed E-state index contributed by atoms with van der Waals surface area (Å²) >= 11 is 1.83. The number of para-hydroxylation sites is 10. The van der Waals surface area contributed by atoms with E-state index in [-0.39, 0.29) is 5.41 Å². The van der Waals surface area contributed by atoms with Crippen LogP contribution in [0.2, 0.25) is 13.1 Å². The van der Waals surface area contributed by atoms with Crippen molar-refractivity contribution in [3.63, 3.8) is 0 Å². The fraction of sp³-hybridized carbons (Fsp3) is 0.0376. The Morgan fingerprint density at radius 2 is 0.446 bits per heavy atom. The number of anilines is 12. The molecule has 28 rings (SSSR count). The molecule has 20 aromatic carbocycles. The zero-order valence-corrected chi connectivity index (χ0v) is 83.5. The molecule has 0 atom stereocenters. The van der Waals surface area contributed by atoms with Gasteiger partial charge >= 0.3 is 0 Å². The minimum absolute atomic E-state index is 0.0603. The predicted octanol–water partition coefficient (Wildman–Crippen LogP) is 34.1. The van der Waals surface area contributed by atoms with Crippen LogP contribution < -0.4 is 34.7 Å². The maximum absolute atomic E-state index is 6.15. The molecular weight excluding hydrogens is 1840 g/mol. The third-order valence-corrected chi connectivity index (χ3v) is 33.4. The highest BCUT2D eigenvalue weighted by atomic mass is 32.2. The van der Waals surface area contributed by atoms with Crippen LogP contribution in [0.5, 0.6) is 11.5 Å². The lowest BCUT2D eigenvalue weighted by atomic mass is 9.73. The molecule has 0 saturated carbocycles. The number of fused-ring (bicyclic) bond motifs is 12. The smallest absolute Gasteiger partial charge is 0.151 e. The molecule has 0 amide bonds. The Morgan fingerprint density at radius 3 is 0.764 bits per heavy atom. The molecule has 24 aromatic rings. The first-order valence-electron chi connectivity index (χ1n) is 49.9. The Morgan fingerprint density at radius 1 is 0.209 bits per heavy atom. The molecule has 4 aliphatic heterocycles. The van der Waals surface area contributed by atoms with Gasteiger partial charge in [0.25, 0.3) is 0 Å². The standard InChI is InChI=1S/C35H27N3.C34H27N3Si.C32H21N3O.C32H21N3S/c1-35(2)29-12-6-8-14-32(29)38(33-15-9-7-13-30(33)35)27-19-16-24(17-20-27)26-18-21-28-31(22-26)36-23-37-34(28)25-10-4-3-5-11-25;1-38(2)32-14-8-6-12-30(32)37(31-13-7-9-15-33(31)38)27-19-16-24(17-20-27)26-18-21-28-29(22-26)35-23-36-34(28)25-10-4-3-5-11-25;2*1-2-8-23(9-3-1)32-26-19-16-24(20-27(26)33-21-34-32)22-14-17-25(18-15-22)35-28-10-4-6-12-30(28)36-31-13-7-5-11-29(31)35/h2*3-23H,1-2H3;2*1-21H. The lowest BCUT2D eigenvalue weighted by molar-refractivity contribution is 0.477. The van der Waals surface area contributed by atoms with Crippen LogP contribution in [-0.4, -0.2) is 47.9 Å². The first-order chi connectivity index (χ1) is 72.9. The van der Waals surface area contributed by atoms with Gasteiger partial charge < -0.3 is 24.3 Å². The maximum Gasteiger partial charge on any atom is 0.151 e. The van der Waals surface area contributed by atoms with E-state index in [0.717, 1.165) is 168 Å². The molecule has 0 bridgehead atoms. The van der Waals surface area contributed by atoms with Gasteiger partial charge in [0.2, 0.25) is 0 Å². The molecule has 0 radical (unpaired) electrons. The summed E-state index contributed by atoms with van der Waals surface area (Å²) in [5.41, 5.74) is 37.9. The molecule has 0 unspecified atom stereocenters. The predicted molar refractivity (Wildman–Crippen MR) is 613 cm³/mol. The Kier molecular flexibility index (Phi) is 23.8. The summed E-state index contributed by atoms with van der Waals surface area (Å²) in [6.07, 6.45) is 6.61. The topological polar surface area (TPSA) is 125 Å². The molecule has 0 saturated heterocycles. The van der Waals surface area contributed by atoms with Gasteiger partial charge in [-0.25, -0.2) is 39.9 Å². The normalized spacial score (nSPS) is 12.9. The summed E-state index contributed by atoms with van der Waals surface area (Å²) in [6, 6.07) is 171. The molecule has 15 heteroatoms. The highest BCUT2D eigenvalue weighted by Gasteiger charge is 2.40. The van der Waals surface area contributed by atoms with E-state index >= 15 is 0 Å². The van der Waals surface area contributed by atoms with Crippen molar-refractivity contribution in [1.82, 2.24) is 39.9 Å². The summed E-state index contributed by atoms with van der Waals surface area (Å²) in [7, 11) is -1.78. The molecule has 704 valence electrons. The second-order valence-corrected chi connectivity index (χ2v) is 43.6. The van der Waals surface area contributed by atoms with Crippen molar-refractivity contribution in [1.29, 1.82) is 0 Å². The molecular formula is C133H96N12OSSi. The van der Waals surface area contributed by atoms with Crippen molar-refractivity contribution in [2.24, 2.45) is 0 Å². The fourth-order valence-electron chi connectivity index (χ4n) is 21.3. The summed E-state index contributed by atoms with van der Waals surface area (Å²) in [5, 5.41) is 7.18. The van der Waals surface area contributed by atoms with E-state index < -0.39 is 8.07 Å². The van der Waals surface area contributed by atoms with Crippen molar-refractivity contribution in [2.75, 3.05) is 19.6 Å². The Hall–Kier alpha value is -18.7. The number of hydrogen-bond acceptors (Lipinski definition) is 14. The van der Waals surface area contributed by atoms with E-state index in [9.17, 15) is 0 Å². The molecule has 13 nitrogen and oxygen atoms in total. The molecule has 0 N–H and O–H groups in total. The number of aromatic nitrogens is 8. The third-order valence-electron chi connectivity index (χ3n) is 28.7. The van der Waals surface area contributed by atoms with Gasteiger partial charge in [0.15, 0.2) is 11.5 Å². The average molecular weight is 1940 g/mol. The van der Waals surface area contributed by atoms with Gasteiger partial charge in [0, 0.05) is 93.1 Å². The van der Waals surface area contributed by atoms with Gasteiger partial charge in [0.1, 0.15) is 33.4 Å². The zero-order valence-electron chi connectivity index (χ0n) is 81.7. The molecule has 148 heavy (non-hydrogen) atoms. The van der Waals surface area contributed by atoms with E-state index in [1.807, 2.05) is 121 Å². The van der Waals surface area contributed by atoms with Crippen molar-refractivity contribution < 1.29 is 4.74 Å². The van der Waals surface area contributed by atoms with Crippen LogP contribution in [-0.2, 0) is 5.41 Å². The summed E-state index contributed by atoms with van der Waals surface area (Å²) in [6.45, 7) is 9.55.